The van der Waals surface area contributed by atoms with Gasteiger partial charge in [0.25, 0.3) is 0 Å². The number of para-hydroxylation sites is 1. The first kappa shape index (κ1) is 19.3. The van der Waals surface area contributed by atoms with Gasteiger partial charge in [0.15, 0.2) is 5.82 Å². The molecule has 1 amide bonds. The van der Waals surface area contributed by atoms with Gasteiger partial charge in [-0.3, -0.25) is 4.79 Å². The Morgan fingerprint density at radius 3 is 2.63 bits per heavy atom. The first-order valence-corrected chi connectivity index (χ1v) is 10.3. The van der Waals surface area contributed by atoms with E-state index < -0.39 is 12.0 Å². The summed E-state index contributed by atoms with van der Waals surface area (Å²) in [5.74, 6) is -0.849. The molecule has 3 aromatic rings. The lowest BCUT2D eigenvalue weighted by Crippen LogP contribution is -2.45. The van der Waals surface area contributed by atoms with E-state index in [0.29, 0.717) is 10.9 Å². The third-order valence-electron chi connectivity index (χ3n) is 3.90. The molecule has 0 spiro atoms. The molecule has 2 aromatic heterocycles. The second-order valence-corrected chi connectivity index (χ2v) is 8.17. The molecule has 140 valence electrons. The summed E-state index contributed by atoms with van der Waals surface area (Å²) in [6.45, 7) is 3.52. The minimum atomic E-state index is -1.03. The zero-order valence-electron chi connectivity index (χ0n) is 14.9. The number of carboxylic acids is 1. The Morgan fingerprint density at radius 1 is 1.19 bits per heavy atom. The topological polar surface area (TPSA) is 92.2 Å². The number of rotatable bonds is 7. The summed E-state index contributed by atoms with van der Waals surface area (Å²) < 4.78 is 0. The number of aliphatic carboxylic acids is 1. The average Bonchev–Trinajstić information content (AvgIpc) is 3.18. The highest BCUT2D eigenvalue weighted by Gasteiger charge is 2.23. The van der Waals surface area contributed by atoms with Gasteiger partial charge >= 0.3 is 5.97 Å². The summed E-state index contributed by atoms with van der Waals surface area (Å²) in [4.78, 5) is 33.7. The van der Waals surface area contributed by atoms with E-state index in [4.69, 9.17) is 0 Å². The smallest absolute Gasteiger partial charge is 0.326 e. The molecule has 0 aliphatic heterocycles. The second-order valence-electron chi connectivity index (χ2n) is 6.26. The van der Waals surface area contributed by atoms with E-state index in [1.54, 1.807) is 25.2 Å². The molecule has 1 aromatic carbocycles. The van der Waals surface area contributed by atoms with Crippen LogP contribution in [0.25, 0.3) is 21.6 Å². The van der Waals surface area contributed by atoms with Gasteiger partial charge in [-0.15, -0.1) is 11.3 Å². The highest BCUT2D eigenvalue weighted by Crippen LogP contribution is 2.29. The van der Waals surface area contributed by atoms with Crippen LogP contribution in [0.5, 0.6) is 0 Å². The van der Waals surface area contributed by atoms with Gasteiger partial charge in [-0.1, -0.05) is 49.9 Å². The number of carboxylic acid groups (broad SMARTS) is 1. The van der Waals surface area contributed by atoms with Crippen molar-refractivity contribution in [3.05, 3.63) is 41.8 Å². The first-order valence-electron chi connectivity index (χ1n) is 8.41. The van der Waals surface area contributed by atoms with Crippen molar-refractivity contribution < 1.29 is 14.7 Å². The first-order chi connectivity index (χ1) is 13.0. The lowest BCUT2D eigenvalue weighted by molar-refractivity contribution is -0.142. The van der Waals surface area contributed by atoms with Gasteiger partial charge in [-0.2, -0.15) is 0 Å². The van der Waals surface area contributed by atoms with Gasteiger partial charge in [-0.25, -0.2) is 14.8 Å². The fourth-order valence-electron chi connectivity index (χ4n) is 2.54. The average molecular weight is 402 g/mol. The van der Waals surface area contributed by atoms with Crippen molar-refractivity contribution in [3.63, 3.8) is 0 Å². The molecule has 3 rings (SSSR count). The number of hydrogen-bond acceptors (Lipinski definition) is 6. The maximum atomic E-state index is 12.2. The molecule has 0 aliphatic carbocycles. The predicted molar refractivity (Wildman–Crippen MR) is 108 cm³/mol. The molecule has 6 nitrogen and oxygen atoms in total. The standard InChI is InChI=1S/C19H19N3O3S2/c1-11(2)16(19(24)25)21-15(23)10-27-18-12-6-3-4-7-13(12)20-17(22-18)14-8-5-9-26-14/h3-9,11,16H,10H2,1-2H3,(H,21,23)(H,24,25)/t16-/m0/s1. The molecule has 2 heterocycles. The molecule has 8 heteroatoms. The maximum absolute atomic E-state index is 12.2. The molecule has 1 atom stereocenters. The number of nitrogens with one attached hydrogen (secondary N) is 1. The van der Waals surface area contributed by atoms with Gasteiger partial charge in [0.1, 0.15) is 11.1 Å². The van der Waals surface area contributed by atoms with Crippen molar-refractivity contribution in [1.82, 2.24) is 15.3 Å². The van der Waals surface area contributed by atoms with Crippen LogP contribution in [-0.4, -0.2) is 38.7 Å². The van der Waals surface area contributed by atoms with Crippen LogP contribution in [0.1, 0.15) is 13.8 Å². The minimum Gasteiger partial charge on any atom is -0.480 e. The number of thioether (sulfide) groups is 1. The highest BCUT2D eigenvalue weighted by molar-refractivity contribution is 8.00. The van der Waals surface area contributed by atoms with Crippen molar-refractivity contribution >= 4 is 45.9 Å². The van der Waals surface area contributed by atoms with E-state index >= 15 is 0 Å². The molecular weight excluding hydrogens is 382 g/mol. The van der Waals surface area contributed by atoms with Crippen LogP contribution in [-0.2, 0) is 9.59 Å². The summed E-state index contributed by atoms with van der Waals surface area (Å²) in [7, 11) is 0. The van der Waals surface area contributed by atoms with E-state index in [1.807, 2.05) is 41.8 Å². The summed E-state index contributed by atoms with van der Waals surface area (Å²) >= 11 is 2.84. The van der Waals surface area contributed by atoms with Crippen LogP contribution in [0.4, 0.5) is 0 Å². The van der Waals surface area contributed by atoms with Gasteiger partial charge in [-0.05, 0) is 23.4 Å². The quantitative estimate of drug-likeness (QED) is 0.463. The number of aromatic nitrogens is 2. The van der Waals surface area contributed by atoms with Crippen LogP contribution in [0.15, 0.2) is 46.8 Å². The number of amides is 1. The summed E-state index contributed by atoms with van der Waals surface area (Å²) in [5.41, 5.74) is 0.810. The summed E-state index contributed by atoms with van der Waals surface area (Å²) in [6.07, 6.45) is 0. The molecule has 0 bridgehead atoms. The van der Waals surface area contributed by atoms with Crippen LogP contribution in [0.2, 0.25) is 0 Å². The fourth-order valence-corrected chi connectivity index (χ4v) is 4.02. The Balaban J connectivity index is 1.82. The van der Waals surface area contributed by atoms with Crippen LogP contribution in [0.3, 0.4) is 0 Å². The van der Waals surface area contributed by atoms with Gasteiger partial charge in [0.2, 0.25) is 5.91 Å². The molecule has 2 N–H and O–H groups in total. The second kappa shape index (κ2) is 8.49. The van der Waals surface area contributed by atoms with Crippen molar-refractivity contribution in [2.45, 2.75) is 24.9 Å². The molecule has 0 aliphatic rings. The van der Waals surface area contributed by atoms with Crippen LogP contribution < -0.4 is 5.32 Å². The molecule has 27 heavy (non-hydrogen) atoms. The van der Waals surface area contributed by atoms with Crippen molar-refractivity contribution in [2.24, 2.45) is 5.92 Å². The molecule has 0 saturated heterocycles. The van der Waals surface area contributed by atoms with Crippen LogP contribution >= 0.6 is 23.1 Å². The van der Waals surface area contributed by atoms with Crippen molar-refractivity contribution in [1.29, 1.82) is 0 Å². The fraction of sp³-hybridized carbons (Fsp3) is 0.263. The van der Waals surface area contributed by atoms with E-state index in [0.717, 1.165) is 15.8 Å². The van der Waals surface area contributed by atoms with Gasteiger partial charge < -0.3 is 10.4 Å². The van der Waals surface area contributed by atoms with Crippen molar-refractivity contribution in [3.8, 4) is 10.7 Å². The Bertz CT molecular complexity index is 958. The number of hydrogen-bond donors (Lipinski definition) is 2. The molecule has 0 unspecified atom stereocenters. The Morgan fingerprint density at radius 2 is 1.96 bits per heavy atom. The molecule has 0 fully saturated rings. The lowest BCUT2D eigenvalue weighted by Gasteiger charge is -2.17. The van der Waals surface area contributed by atoms with Crippen molar-refractivity contribution in [2.75, 3.05) is 5.75 Å². The summed E-state index contributed by atoms with van der Waals surface area (Å²) in [6, 6.07) is 10.6. The Kier molecular flexibility index (Phi) is 6.08. The normalized spacial score (nSPS) is 12.3. The van der Waals surface area contributed by atoms with Crippen LogP contribution in [0, 0.1) is 5.92 Å². The largest absolute Gasteiger partial charge is 0.480 e. The van der Waals surface area contributed by atoms with Gasteiger partial charge in [0, 0.05) is 5.39 Å². The Labute approximate surface area is 165 Å². The summed E-state index contributed by atoms with van der Waals surface area (Å²) in [5, 5.41) is 15.3. The number of thiophene rings is 1. The van der Waals surface area contributed by atoms with E-state index in [-0.39, 0.29) is 17.6 Å². The molecule has 0 saturated carbocycles. The number of nitrogens with zero attached hydrogens (tertiary/aromatic N) is 2. The van der Waals surface area contributed by atoms with E-state index in [9.17, 15) is 14.7 Å². The number of carbonyl (C=O) groups excluding carboxylic acids is 1. The van der Waals surface area contributed by atoms with Gasteiger partial charge in [0.05, 0.1) is 16.1 Å². The monoisotopic (exact) mass is 401 g/mol. The predicted octanol–water partition coefficient (Wildman–Crippen LogP) is 3.68. The van der Waals surface area contributed by atoms with E-state index in [1.165, 1.54) is 11.8 Å². The third-order valence-corrected chi connectivity index (χ3v) is 5.76. The lowest BCUT2D eigenvalue weighted by atomic mass is 10.1. The number of carbonyl (C=O) groups is 2. The molecule has 0 radical (unpaired) electrons. The minimum absolute atomic E-state index is 0.0847. The SMILES string of the molecule is CC(C)[C@H](NC(=O)CSc1nc(-c2cccs2)nc2ccccc12)C(=O)O. The number of benzene rings is 1. The highest BCUT2D eigenvalue weighted by atomic mass is 32.2. The molecular formula is C19H19N3O3S2. The number of fused-ring (bicyclic) bond motifs is 1. The maximum Gasteiger partial charge on any atom is 0.326 e. The van der Waals surface area contributed by atoms with E-state index in [2.05, 4.69) is 15.3 Å². The zero-order chi connectivity index (χ0) is 19.4. The Hall–Kier alpha value is -2.45. The zero-order valence-corrected chi connectivity index (χ0v) is 16.5. The third kappa shape index (κ3) is 4.64.